The van der Waals surface area contributed by atoms with E-state index < -0.39 is 0 Å². The summed E-state index contributed by atoms with van der Waals surface area (Å²) in [6, 6.07) is 7.69. The zero-order valence-corrected chi connectivity index (χ0v) is 12.8. The minimum absolute atomic E-state index is 0.0645. The fourth-order valence-corrected chi connectivity index (χ4v) is 2.69. The van der Waals surface area contributed by atoms with Crippen molar-refractivity contribution in [3.8, 4) is 0 Å². The molecule has 0 radical (unpaired) electrons. The van der Waals surface area contributed by atoms with Crippen LogP contribution in [0.5, 0.6) is 0 Å². The maximum Gasteiger partial charge on any atom is 0.253 e. The van der Waals surface area contributed by atoms with Crippen LogP contribution in [0.4, 0.5) is 5.69 Å². The van der Waals surface area contributed by atoms with Gasteiger partial charge in [0.1, 0.15) is 0 Å². The van der Waals surface area contributed by atoms with E-state index in [2.05, 4.69) is 0 Å². The molecule has 5 heteroatoms. The highest BCUT2D eigenvalue weighted by atomic mass is 32.1. The fourth-order valence-electron chi connectivity index (χ4n) is 2.49. The van der Waals surface area contributed by atoms with E-state index in [9.17, 15) is 4.79 Å². The van der Waals surface area contributed by atoms with E-state index in [0.29, 0.717) is 11.5 Å². The SMILES string of the molecule is CN(C)c1cccc(C(=O)N2CCCC(C(N)=S)C2)c1. The van der Waals surface area contributed by atoms with Crippen LogP contribution in [0.1, 0.15) is 23.2 Å². The van der Waals surface area contributed by atoms with Crippen molar-refractivity contribution < 1.29 is 4.79 Å². The minimum Gasteiger partial charge on any atom is -0.393 e. The number of benzene rings is 1. The van der Waals surface area contributed by atoms with Gasteiger partial charge in [-0.25, -0.2) is 0 Å². The third-order valence-corrected chi connectivity index (χ3v) is 4.05. The number of likely N-dealkylation sites (tertiary alicyclic amines) is 1. The van der Waals surface area contributed by atoms with Crippen molar-refractivity contribution in [3.63, 3.8) is 0 Å². The van der Waals surface area contributed by atoms with Crippen LogP contribution in [0.2, 0.25) is 0 Å². The molecule has 1 unspecified atom stereocenters. The second kappa shape index (κ2) is 6.22. The maximum absolute atomic E-state index is 12.6. The molecule has 0 bridgehead atoms. The van der Waals surface area contributed by atoms with Crippen LogP contribution in [-0.2, 0) is 0 Å². The Morgan fingerprint density at radius 3 is 2.85 bits per heavy atom. The largest absolute Gasteiger partial charge is 0.393 e. The van der Waals surface area contributed by atoms with Crippen LogP contribution in [0.25, 0.3) is 0 Å². The lowest BCUT2D eigenvalue weighted by atomic mass is 9.97. The third kappa shape index (κ3) is 3.28. The summed E-state index contributed by atoms with van der Waals surface area (Å²) >= 11 is 5.06. The van der Waals surface area contributed by atoms with Gasteiger partial charge in [0.05, 0.1) is 4.99 Å². The molecule has 1 atom stereocenters. The van der Waals surface area contributed by atoms with E-state index in [1.54, 1.807) is 0 Å². The van der Waals surface area contributed by atoms with Crippen LogP contribution < -0.4 is 10.6 Å². The van der Waals surface area contributed by atoms with Gasteiger partial charge in [-0.1, -0.05) is 18.3 Å². The Labute approximate surface area is 125 Å². The van der Waals surface area contributed by atoms with E-state index in [1.807, 2.05) is 48.2 Å². The molecular weight excluding hydrogens is 270 g/mol. The predicted octanol–water partition coefficient (Wildman–Crippen LogP) is 1.89. The van der Waals surface area contributed by atoms with Crippen LogP contribution in [0, 0.1) is 5.92 Å². The van der Waals surface area contributed by atoms with Crippen LogP contribution in [0.3, 0.4) is 0 Å². The van der Waals surface area contributed by atoms with E-state index in [0.717, 1.165) is 30.6 Å². The van der Waals surface area contributed by atoms with E-state index >= 15 is 0 Å². The molecule has 0 aromatic heterocycles. The van der Waals surface area contributed by atoms with Gasteiger partial charge in [-0.05, 0) is 31.0 Å². The number of thiocarbonyl (C=S) groups is 1. The summed E-state index contributed by atoms with van der Waals surface area (Å²) in [5, 5.41) is 0. The number of piperidine rings is 1. The van der Waals surface area contributed by atoms with E-state index in [1.165, 1.54) is 0 Å². The van der Waals surface area contributed by atoms with Gasteiger partial charge in [-0.15, -0.1) is 0 Å². The van der Waals surface area contributed by atoms with Gasteiger partial charge in [0.25, 0.3) is 5.91 Å². The highest BCUT2D eigenvalue weighted by molar-refractivity contribution is 7.80. The Morgan fingerprint density at radius 2 is 2.20 bits per heavy atom. The molecule has 1 amide bonds. The first-order valence-electron chi connectivity index (χ1n) is 6.85. The molecule has 2 rings (SSSR count). The van der Waals surface area contributed by atoms with Crippen molar-refractivity contribution in [2.45, 2.75) is 12.8 Å². The van der Waals surface area contributed by atoms with Gasteiger partial charge >= 0.3 is 0 Å². The molecule has 1 heterocycles. The molecule has 1 fully saturated rings. The van der Waals surface area contributed by atoms with Gasteiger partial charge in [-0.2, -0.15) is 0 Å². The monoisotopic (exact) mass is 291 g/mol. The number of carbonyl (C=O) groups is 1. The fraction of sp³-hybridized carbons (Fsp3) is 0.467. The van der Waals surface area contributed by atoms with Crippen LogP contribution >= 0.6 is 12.2 Å². The topological polar surface area (TPSA) is 49.6 Å². The molecular formula is C15H21N3OS. The Kier molecular flexibility index (Phi) is 4.60. The first-order valence-corrected chi connectivity index (χ1v) is 7.26. The Bertz CT molecular complexity index is 516. The zero-order valence-electron chi connectivity index (χ0n) is 12.0. The zero-order chi connectivity index (χ0) is 14.7. The van der Waals surface area contributed by atoms with Crippen molar-refractivity contribution in [1.82, 2.24) is 4.90 Å². The highest BCUT2D eigenvalue weighted by Gasteiger charge is 2.26. The number of nitrogens with zero attached hydrogens (tertiary/aromatic N) is 2. The van der Waals surface area contributed by atoms with E-state index in [4.69, 9.17) is 18.0 Å². The van der Waals surface area contributed by atoms with Crippen LogP contribution in [0.15, 0.2) is 24.3 Å². The molecule has 1 aliphatic heterocycles. The predicted molar refractivity (Wildman–Crippen MR) is 86.2 cm³/mol. The summed E-state index contributed by atoms with van der Waals surface area (Å²) in [7, 11) is 3.93. The highest BCUT2D eigenvalue weighted by Crippen LogP contribution is 2.20. The number of hydrogen-bond acceptors (Lipinski definition) is 3. The number of carbonyl (C=O) groups excluding carboxylic acids is 1. The van der Waals surface area contributed by atoms with Gasteiger partial charge < -0.3 is 15.5 Å². The van der Waals surface area contributed by atoms with Gasteiger partial charge in [-0.3, -0.25) is 4.79 Å². The lowest BCUT2D eigenvalue weighted by Gasteiger charge is -2.32. The van der Waals surface area contributed by atoms with Crippen LogP contribution in [-0.4, -0.2) is 43.0 Å². The normalized spacial score (nSPS) is 18.7. The summed E-state index contributed by atoms with van der Waals surface area (Å²) in [5.74, 6) is 0.217. The van der Waals surface area contributed by atoms with Gasteiger partial charge in [0, 0.05) is 44.4 Å². The summed E-state index contributed by atoms with van der Waals surface area (Å²) in [4.78, 5) is 16.9. The van der Waals surface area contributed by atoms with Gasteiger partial charge in [0.15, 0.2) is 0 Å². The average molecular weight is 291 g/mol. The summed E-state index contributed by atoms with van der Waals surface area (Å²) < 4.78 is 0. The molecule has 108 valence electrons. The van der Waals surface area contributed by atoms with E-state index in [-0.39, 0.29) is 11.8 Å². The molecule has 0 aliphatic carbocycles. The summed E-state index contributed by atoms with van der Waals surface area (Å²) in [6.45, 7) is 1.42. The summed E-state index contributed by atoms with van der Waals surface area (Å²) in [5.41, 5.74) is 7.47. The minimum atomic E-state index is 0.0645. The average Bonchev–Trinajstić information content (AvgIpc) is 2.46. The molecule has 0 spiro atoms. The molecule has 1 aromatic rings. The van der Waals surface area contributed by atoms with Crippen molar-refractivity contribution in [1.29, 1.82) is 0 Å². The second-order valence-electron chi connectivity index (χ2n) is 5.44. The Morgan fingerprint density at radius 1 is 1.45 bits per heavy atom. The quantitative estimate of drug-likeness (QED) is 0.864. The number of hydrogen-bond donors (Lipinski definition) is 1. The second-order valence-corrected chi connectivity index (χ2v) is 5.91. The lowest BCUT2D eigenvalue weighted by molar-refractivity contribution is 0.0703. The smallest absolute Gasteiger partial charge is 0.253 e. The third-order valence-electron chi connectivity index (χ3n) is 3.72. The lowest BCUT2D eigenvalue weighted by Crippen LogP contribution is -2.43. The number of rotatable bonds is 3. The molecule has 20 heavy (non-hydrogen) atoms. The number of nitrogens with two attached hydrogens (primary N) is 1. The molecule has 0 saturated carbocycles. The number of anilines is 1. The summed E-state index contributed by atoms with van der Waals surface area (Å²) in [6.07, 6.45) is 1.94. The first-order chi connectivity index (χ1) is 9.49. The van der Waals surface area contributed by atoms with Crippen molar-refractivity contribution in [3.05, 3.63) is 29.8 Å². The Hall–Kier alpha value is -1.62. The maximum atomic E-state index is 12.6. The molecule has 1 aromatic carbocycles. The molecule has 1 saturated heterocycles. The van der Waals surface area contributed by atoms with Crippen molar-refractivity contribution >= 4 is 28.8 Å². The number of amides is 1. The van der Waals surface area contributed by atoms with Crippen molar-refractivity contribution in [2.24, 2.45) is 11.7 Å². The molecule has 4 nitrogen and oxygen atoms in total. The molecule has 1 aliphatic rings. The van der Waals surface area contributed by atoms with Gasteiger partial charge in [0.2, 0.25) is 0 Å². The van der Waals surface area contributed by atoms with Crippen molar-refractivity contribution in [2.75, 3.05) is 32.1 Å². The molecule has 2 N–H and O–H groups in total. The first kappa shape index (κ1) is 14.8. The standard InChI is InChI=1S/C15H21N3OS/c1-17(2)13-7-3-5-11(9-13)15(19)18-8-4-6-12(10-18)14(16)20/h3,5,7,9,12H,4,6,8,10H2,1-2H3,(H2,16,20). The Balaban J connectivity index is 2.14.